The van der Waals surface area contributed by atoms with Gasteiger partial charge in [-0.15, -0.1) is 0 Å². The van der Waals surface area contributed by atoms with Crippen LogP contribution in [0.25, 0.3) is 0 Å². The van der Waals surface area contributed by atoms with Gasteiger partial charge in [0, 0.05) is 12.8 Å². The van der Waals surface area contributed by atoms with E-state index < -0.39 is 5.97 Å². The van der Waals surface area contributed by atoms with E-state index >= 15 is 0 Å². The number of carbonyl (C=O) groups excluding carboxylic acids is 3. The van der Waals surface area contributed by atoms with Gasteiger partial charge in [0.2, 0.25) is 0 Å². The van der Waals surface area contributed by atoms with Crippen molar-refractivity contribution in [2.24, 2.45) is 0 Å². The van der Waals surface area contributed by atoms with E-state index in [0.29, 0.717) is 12.8 Å². The van der Waals surface area contributed by atoms with Gasteiger partial charge in [-0.25, -0.2) is 0 Å². The van der Waals surface area contributed by atoms with Crippen molar-refractivity contribution in [1.82, 2.24) is 0 Å². The highest BCUT2D eigenvalue weighted by molar-refractivity contribution is 5.92. The average molecular weight is 356 g/mol. The molecule has 0 amide bonds. The first-order valence-electron chi connectivity index (χ1n) is 8.32. The number of aryl methyl sites for hydroxylation is 1. The van der Waals surface area contributed by atoms with Gasteiger partial charge in [0.05, 0.1) is 20.6 Å². The monoisotopic (exact) mass is 356 g/mol. The van der Waals surface area contributed by atoms with Crippen LogP contribution in [0.5, 0.6) is 5.75 Å². The third-order valence-corrected chi connectivity index (χ3v) is 3.52. The Morgan fingerprint density at radius 1 is 0.808 bits per heavy atom. The lowest BCUT2D eigenvalue weighted by Gasteiger charge is -2.01. The van der Waals surface area contributed by atoms with E-state index in [2.05, 4.69) is 4.74 Å². The van der Waals surface area contributed by atoms with Gasteiger partial charge in [-0.05, 0) is 36.3 Å². The SMILES string of the molecule is COC(=O)CCC(=O)/C=C/C=C\C=C\C(=O)CCc1ccc(OC)cc1. The number of ketones is 2. The second-order valence-corrected chi connectivity index (χ2v) is 5.46. The van der Waals surface area contributed by atoms with Gasteiger partial charge >= 0.3 is 5.97 Å². The maximum absolute atomic E-state index is 11.8. The molecule has 1 aromatic carbocycles. The van der Waals surface area contributed by atoms with Crippen molar-refractivity contribution in [1.29, 1.82) is 0 Å². The van der Waals surface area contributed by atoms with Gasteiger partial charge < -0.3 is 9.47 Å². The molecule has 0 atom stereocenters. The number of hydrogen-bond donors (Lipinski definition) is 0. The van der Waals surface area contributed by atoms with Crippen molar-refractivity contribution in [2.45, 2.75) is 25.7 Å². The number of hydrogen-bond acceptors (Lipinski definition) is 5. The highest BCUT2D eigenvalue weighted by Gasteiger charge is 2.03. The zero-order valence-electron chi connectivity index (χ0n) is 15.1. The van der Waals surface area contributed by atoms with Crippen LogP contribution in [0.2, 0.25) is 0 Å². The molecule has 0 heterocycles. The number of carbonyl (C=O) groups is 3. The minimum absolute atomic E-state index is 0.0311. The van der Waals surface area contributed by atoms with Crippen LogP contribution in [0.1, 0.15) is 24.8 Å². The highest BCUT2D eigenvalue weighted by atomic mass is 16.5. The molecule has 0 aliphatic heterocycles. The fourth-order valence-corrected chi connectivity index (χ4v) is 2.01. The quantitative estimate of drug-likeness (QED) is 0.345. The van der Waals surface area contributed by atoms with Crippen molar-refractivity contribution in [3.8, 4) is 5.75 Å². The number of rotatable bonds is 11. The summed E-state index contributed by atoms with van der Waals surface area (Å²) < 4.78 is 9.55. The molecule has 0 radical (unpaired) electrons. The number of esters is 1. The van der Waals surface area contributed by atoms with Crippen molar-refractivity contribution < 1.29 is 23.9 Å². The summed E-state index contributed by atoms with van der Waals surface area (Å²) in [4.78, 5) is 34.2. The van der Waals surface area contributed by atoms with E-state index in [4.69, 9.17) is 4.74 Å². The molecule has 138 valence electrons. The third-order valence-electron chi connectivity index (χ3n) is 3.52. The Bertz CT molecular complexity index is 681. The number of benzene rings is 1. The topological polar surface area (TPSA) is 69.7 Å². The van der Waals surface area contributed by atoms with E-state index in [1.54, 1.807) is 31.4 Å². The molecule has 0 bridgehead atoms. The van der Waals surface area contributed by atoms with Gasteiger partial charge in [-0.2, -0.15) is 0 Å². The molecule has 1 rings (SSSR count). The normalized spacial score (nSPS) is 11.3. The molecule has 5 heteroatoms. The average Bonchev–Trinajstić information content (AvgIpc) is 2.67. The molecule has 26 heavy (non-hydrogen) atoms. The minimum Gasteiger partial charge on any atom is -0.497 e. The van der Waals surface area contributed by atoms with Crippen LogP contribution in [-0.4, -0.2) is 31.8 Å². The predicted molar refractivity (Wildman–Crippen MR) is 100.0 cm³/mol. The van der Waals surface area contributed by atoms with Crippen molar-refractivity contribution in [2.75, 3.05) is 14.2 Å². The van der Waals surface area contributed by atoms with Crippen LogP contribution in [0.4, 0.5) is 0 Å². The van der Waals surface area contributed by atoms with Crippen LogP contribution in [0, 0.1) is 0 Å². The summed E-state index contributed by atoms with van der Waals surface area (Å²) >= 11 is 0. The van der Waals surface area contributed by atoms with Gasteiger partial charge in [0.1, 0.15) is 5.75 Å². The first kappa shape index (κ1) is 21.1. The standard InChI is InChI=1S/C21H24O5/c1-25-20-14-10-17(11-15-20)9-12-18(22)7-5-3-4-6-8-19(23)13-16-21(24)26-2/h3-8,10-11,14-15H,9,12-13,16H2,1-2H3/b4-3-,7-5+,8-6+. The van der Waals surface area contributed by atoms with Gasteiger partial charge in [-0.3, -0.25) is 14.4 Å². The van der Waals surface area contributed by atoms with Crippen molar-refractivity contribution in [3.63, 3.8) is 0 Å². The summed E-state index contributed by atoms with van der Waals surface area (Å²) in [5.41, 5.74) is 1.08. The van der Waals surface area contributed by atoms with Crippen LogP contribution >= 0.6 is 0 Å². The molecule has 0 unspecified atom stereocenters. The minimum atomic E-state index is -0.404. The number of allylic oxidation sites excluding steroid dienone is 6. The molecule has 5 nitrogen and oxygen atoms in total. The highest BCUT2D eigenvalue weighted by Crippen LogP contribution is 2.12. The molecule has 1 aromatic rings. The van der Waals surface area contributed by atoms with Gasteiger partial charge in [0.15, 0.2) is 11.6 Å². The molecule has 0 fully saturated rings. The van der Waals surface area contributed by atoms with E-state index in [9.17, 15) is 14.4 Å². The van der Waals surface area contributed by atoms with E-state index in [-0.39, 0.29) is 24.4 Å². The van der Waals surface area contributed by atoms with E-state index in [0.717, 1.165) is 11.3 Å². The summed E-state index contributed by atoms with van der Waals surface area (Å²) in [6.07, 6.45) is 10.7. The van der Waals surface area contributed by atoms with E-state index in [1.807, 2.05) is 24.3 Å². The lowest BCUT2D eigenvalue weighted by Crippen LogP contribution is -2.03. The van der Waals surface area contributed by atoms with Crippen LogP contribution in [-0.2, 0) is 25.5 Å². The second-order valence-electron chi connectivity index (χ2n) is 5.46. The zero-order valence-corrected chi connectivity index (χ0v) is 15.1. The maximum Gasteiger partial charge on any atom is 0.305 e. The lowest BCUT2D eigenvalue weighted by atomic mass is 10.1. The zero-order chi connectivity index (χ0) is 19.2. The Hall–Kier alpha value is -2.95. The van der Waals surface area contributed by atoms with Crippen molar-refractivity contribution in [3.05, 3.63) is 66.3 Å². The summed E-state index contributed by atoms with van der Waals surface area (Å²) in [6.45, 7) is 0. The van der Waals surface area contributed by atoms with Crippen LogP contribution in [0.15, 0.2) is 60.7 Å². The molecule has 0 N–H and O–H groups in total. The van der Waals surface area contributed by atoms with Gasteiger partial charge in [0.25, 0.3) is 0 Å². The number of methoxy groups -OCH3 is 2. The lowest BCUT2D eigenvalue weighted by molar-refractivity contribution is -0.141. The molecule has 0 aliphatic carbocycles. The largest absolute Gasteiger partial charge is 0.497 e. The van der Waals surface area contributed by atoms with Crippen molar-refractivity contribution >= 4 is 17.5 Å². The second kappa shape index (κ2) is 12.4. The Kier molecular flexibility index (Phi) is 10.1. The van der Waals surface area contributed by atoms with Crippen LogP contribution < -0.4 is 4.74 Å². The third kappa shape index (κ3) is 9.37. The fraction of sp³-hybridized carbons (Fsp3) is 0.286. The van der Waals surface area contributed by atoms with Gasteiger partial charge in [-0.1, -0.05) is 36.4 Å². The molecular formula is C21H24O5. The molecular weight excluding hydrogens is 332 g/mol. The first-order valence-corrected chi connectivity index (χ1v) is 8.32. The van der Waals surface area contributed by atoms with Crippen LogP contribution in [0.3, 0.4) is 0 Å². The maximum atomic E-state index is 11.8. The summed E-state index contributed by atoms with van der Waals surface area (Å²) in [5, 5.41) is 0. The Morgan fingerprint density at radius 3 is 1.92 bits per heavy atom. The molecule has 0 aromatic heterocycles. The summed E-state index contributed by atoms with van der Waals surface area (Å²) in [5.74, 6) is 0.267. The fourth-order valence-electron chi connectivity index (χ4n) is 2.01. The predicted octanol–water partition coefficient (Wildman–Crippen LogP) is 3.39. The summed E-state index contributed by atoms with van der Waals surface area (Å²) in [7, 11) is 2.90. The van der Waals surface area contributed by atoms with E-state index in [1.165, 1.54) is 19.3 Å². The molecule has 0 saturated heterocycles. The Labute approximate surface area is 154 Å². The first-order chi connectivity index (χ1) is 12.5. The molecule has 0 aliphatic rings. The molecule has 0 saturated carbocycles. The smallest absolute Gasteiger partial charge is 0.305 e. The Balaban J connectivity index is 2.27. The Morgan fingerprint density at radius 2 is 1.38 bits per heavy atom. The summed E-state index contributed by atoms with van der Waals surface area (Å²) in [6, 6.07) is 7.63. The number of ether oxygens (including phenoxy) is 2. The molecule has 0 spiro atoms.